The van der Waals surface area contributed by atoms with Gasteiger partial charge in [-0.25, -0.2) is 0 Å². The standard InChI is InChI=1S/C67H114O6/c1-4-7-10-13-16-19-22-25-28-31-33-36-39-42-45-48-51-54-57-60-66(69)72-63-64(62-71-65(68)59-56-53-50-47-44-41-38-35-30-27-24-21-18-15-12-9-6-3)73-67(70)61-58-55-52-49-46-43-40-37-34-32-29-26-23-20-17-14-11-8-5-2/h9,12,16,18-19,21-22,25,27,30,32,34,38,41,47,50,64H,4-8,10-11,13-15,17,20,23-24,26,28-29,31,33,35-37,39-40,42-46,48-49,51-63H2,1-3H3/b12-9-,19-16-,21-18-,25-22-,30-27-,34-32-,41-38-,50-47-. The minimum Gasteiger partial charge on any atom is -0.462 e. The van der Waals surface area contributed by atoms with E-state index in [1.54, 1.807) is 0 Å². The van der Waals surface area contributed by atoms with Crippen molar-refractivity contribution in [2.75, 3.05) is 13.2 Å². The molecule has 73 heavy (non-hydrogen) atoms. The third kappa shape index (κ3) is 59.1. The molecule has 0 saturated carbocycles. The van der Waals surface area contributed by atoms with Crippen molar-refractivity contribution in [2.24, 2.45) is 0 Å². The van der Waals surface area contributed by atoms with Crippen molar-refractivity contribution in [3.63, 3.8) is 0 Å². The molecule has 0 heterocycles. The lowest BCUT2D eigenvalue weighted by Crippen LogP contribution is -2.30. The first kappa shape index (κ1) is 69.3. The van der Waals surface area contributed by atoms with Crippen LogP contribution in [0.15, 0.2) is 97.2 Å². The summed E-state index contributed by atoms with van der Waals surface area (Å²) in [6.45, 7) is 6.47. The lowest BCUT2D eigenvalue weighted by molar-refractivity contribution is -0.167. The fourth-order valence-electron chi connectivity index (χ4n) is 8.46. The van der Waals surface area contributed by atoms with E-state index in [2.05, 4.69) is 118 Å². The molecule has 0 aliphatic rings. The number of unbranched alkanes of at least 4 members (excludes halogenated alkanes) is 29. The fourth-order valence-corrected chi connectivity index (χ4v) is 8.46. The molecule has 0 saturated heterocycles. The van der Waals surface area contributed by atoms with E-state index < -0.39 is 6.10 Å². The number of allylic oxidation sites excluding steroid dienone is 16. The summed E-state index contributed by atoms with van der Waals surface area (Å²) in [7, 11) is 0. The maximum absolute atomic E-state index is 12.9. The van der Waals surface area contributed by atoms with E-state index >= 15 is 0 Å². The summed E-state index contributed by atoms with van der Waals surface area (Å²) in [5.41, 5.74) is 0. The summed E-state index contributed by atoms with van der Waals surface area (Å²) in [4.78, 5) is 38.3. The first-order valence-electron chi connectivity index (χ1n) is 30.8. The van der Waals surface area contributed by atoms with Crippen molar-refractivity contribution < 1.29 is 28.6 Å². The summed E-state index contributed by atoms with van der Waals surface area (Å²) >= 11 is 0. The number of esters is 3. The minimum absolute atomic E-state index is 0.0985. The number of carbonyl (C=O) groups is 3. The lowest BCUT2D eigenvalue weighted by Gasteiger charge is -2.18. The van der Waals surface area contributed by atoms with E-state index in [0.29, 0.717) is 19.3 Å². The Morgan fingerprint density at radius 3 is 1.01 bits per heavy atom. The van der Waals surface area contributed by atoms with Gasteiger partial charge in [-0.1, -0.05) is 259 Å². The van der Waals surface area contributed by atoms with Crippen molar-refractivity contribution in [1.82, 2.24) is 0 Å². The fraction of sp³-hybridized carbons (Fsp3) is 0.716. The molecule has 0 spiro atoms. The third-order valence-electron chi connectivity index (χ3n) is 13.1. The van der Waals surface area contributed by atoms with Crippen molar-refractivity contribution in [2.45, 2.75) is 297 Å². The Bertz CT molecular complexity index is 1440. The highest BCUT2D eigenvalue weighted by molar-refractivity contribution is 5.71. The highest BCUT2D eigenvalue weighted by Crippen LogP contribution is 2.15. The van der Waals surface area contributed by atoms with Crippen LogP contribution in [-0.4, -0.2) is 37.2 Å². The zero-order valence-electron chi connectivity index (χ0n) is 47.9. The van der Waals surface area contributed by atoms with Crippen molar-refractivity contribution in [1.29, 1.82) is 0 Å². The summed E-state index contributed by atoms with van der Waals surface area (Å²) in [5.74, 6) is -0.959. The minimum atomic E-state index is -0.806. The summed E-state index contributed by atoms with van der Waals surface area (Å²) < 4.78 is 16.9. The molecule has 0 amide bonds. The molecule has 0 bridgehead atoms. The van der Waals surface area contributed by atoms with Crippen molar-refractivity contribution >= 4 is 17.9 Å². The second-order valence-corrected chi connectivity index (χ2v) is 20.3. The molecule has 0 aliphatic carbocycles. The molecule has 0 aromatic heterocycles. The summed E-state index contributed by atoms with van der Waals surface area (Å²) in [6, 6.07) is 0. The second-order valence-electron chi connectivity index (χ2n) is 20.3. The maximum Gasteiger partial charge on any atom is 0.306 e. The number of hydrogen-bond acceptors (Lipinski definition) is 6. The van der Waals surface area contributed by atoms with Crippen LogP contribution in [0.25, 0.3) is 0 Å². The average Bonchev–Trinajstić information content (AvgIpc) is 3.39. The number of rotatable bonds is 55. The number of ether oxygens (including phenoxy) is 3. The first-order chi connectivity index (χ1) is 36.0. The Kier molecular flexibility index (Phi) is 57.8. The Balaban J connectivity index is 4.46. The van der Waals surface area contributed by atoms with Crippen LogP contribution in [0.4, 0.5) is 0 Å². The largest absolute Gasteiger partial charge is 0.462 e. The van der Waals surface area contributed by atoms with E-state index in [1.165, 1.54) is 167 Å². The Morgan fingerprint density at radius 2 is 0.589 bits per heavy atom. The van der Waals surface area contributed by atoms with Gasteiger partial charge < -0.3 is 14.2 Å². The molecule has 0 aromatic rings. The van der Waals surface area contributed by atoms with Gasteiger partial charge in [0.15, 0.2) is 6.10 Å². The maximum atomic E-state index is 12.9. The van der Waals surface area contributed by atoms with E-state index in [9.17, 15) is 14.4 Å². The average molecular weight is 1020 g/mol. The predicted molar refractivity (Wildman–Crippen MR) is 316 cm³/mol. The molecular weight excluding hydrogens is 901 g/mol. The monoisotopic (exact) mass is 1010 g/mol. The molecular formula is C67H114O6. The molecule has 0 aliphatic heterocycles. The summed E-state index contributed by atoms with van der Waals surface area (Å²) in [6.07, 6.45) is 81.2. The Labute approximate surface area is 451 Å². The molecule has 0 rings (SSSR count). The molecule has 6 nitrogen and oxygen atoms in total. The molecule has 0 N–H and O–H groups in total. The number of carbonyl (C=O) groups excluding carboxylic acids is 3. The molecule has 6 heteroatoms. The van der Waals surface area contributed by atoms with Gasteiger partial charge in [-0.3, -0.25) is 14.4 Å². The van der Waals surface area contributed by atoms with Crippen LogP contribution in [-0.2, 0) is 28.6 Å². The molecule has 1 unspecified atom stereocenters. The van der Waals surface area contributed by atoms with E-state index in [1.807, 2.05) is 0 Å². The molecule has 0 aromatic carbocycles. The van der Waals surface area contributed by atoms with Crippen LogP contribution in [0.1, 0.15) is 290 Å². The Hall–Kier alpha value is -3.67. The van der Waals surface area contributed by atoms with Crippen LogP contribution in [0.5, 0.6) is 0 Å². The van der Waals surface area contributed by atoms with Crippen LogP contribution >= 0.6 is 0 Å². The van der Waals surface area contributed by atoms with Gasteiger partial charge in [-0.15, -0.1) is 0 Å². The summed E-state index contributed by atoms with van der Waals surface area (Å²) in [5, 5.41) is 0. The highest BCUT2D eigenvalue weighted by Gasteiger charge is 2.19. The van der Waals surface area contributed by atoms with Gasteiger partial charge in [-0.05, 0) is 109 Å². The van der Waals surface area contributed by atoms with Gasteiger partial charge in [0, 0.05) is 19.3 Å². The zero-order valence-corrected chi connectivity index (χ0v) is 47.9. The zero-order chi connectivity index (χ0) is 52.9. The number of hydrogen-bond donors (Lipinski definition) is 0. The highest BCUT2D eigenvalue weighted by atomic mass is 16.6. The third-order valence-corrected chi connectivity index (χ3v) is 13.1. The molecule has 0 radical (unpaired) electrons. The first-order valence-corrected chi connectivity index (χ1v) is 30.8. The molecule has 0 fully saturated rings. The van der Waals surface area contributed by atoms with Gasteiger partial charge in [-0.2, -0.15) is 0 Å². The van der Waals surface area contributed by atoms with Crippen molar-refractivity contribution in [3.05, 3.63) is 97.2 Å². The van der Waals surface area contributed by atoms with Gasteiger partial charge in [0.05, 0.1) is 0 Å². The normalized spacial score (nSPS) is 12.8. The SMILES string of the molecule is CC/C=C\C/C=C\C/C=C\C/C=C\C/C=C\CCCC(=O)OCC(COC(=O)CCCCCCCCCCCC/C=C\C=C/CCCCC)OC(=O)CCCCCCCCC/C=C\CCCCCCCCCC. The van der Waals surface area contributed by atoms with Crippen LogP contribution < -0.4 is 0 Å². The smallest absolute Gasteiger partial charge is 0.306 e. The van der Waals surface area contributed by atoms with Crippen LogP contribution in [0.3, 0.4) is 0 Å². The van der Waals surface area contributed by atoms with Gasteiger partial charge in [0.2, 0.25) is 0 Å². The van der Waals surface area contributed by atoms with Crippen LogP contribution in [0, 0.1) is 0 Å². The Morgan fingerprint density at radius 1 is 0.301 bits per heavy atom. The van der Waals surface area contributed by atoms with Gasteiger partial charge in [0.25, 0.3) is 0 Å². The van der Waals surface area contributed by atoms with E-state index in [-0.39, 0.29) is 37.5 Å². The van der Waals surface area contributed by atoms with E-state index in [4.69, 9.17) is 14.2 Å². The molecule has 418 valence electrons. The van der Waals surface area contributed by atoms with Crippen LogP contribution in [0.2, 0.25) is 0 Å². The second kappa shape index (κ2) is 60.9. The van der Waals surface area contributed by atoms with E-state index in [0.717, 1.165) is 77.0 Å². The lowest BCUT2D eigenvalue weighted by atomic mass is 10.1. The topological polar surface area (TPSA) is 78.9 Å². The quantitative estimate of drug-likeness (QED) is 0.0199. The van der Waals surface area contributed by atoms with Crippen molar-refractivity contribution in [3.8, 4) is 0 Å². The predicted octanol–water partition coefficient (Wildman–Crippen LogP) is 20.9. The molecule has 1 atom stereocenters. The van der Waals surface area contributed by atoms with Gasteiger partial charge >= 0.3 is 17.9 Å². The van der Waals surface area contributed by atoms with Gasteiger partial charge in [0.1, 0.15) is 13.2 Å².